The molecule has 0 bridgehead atoms. The van der Waals surface area contributed by atoms with Crippen LogP contribution in [0.3, 0.4) is 0 Å². The number of nitrogens with one attached hydrogen (secondary N) is 1. The Labute approximate surface area is 99.0 Å². The first-order valence-corrected chi connectivity index (χ1v) is 5.09. The molecule has 0 spiro atoms. The van der Waals surface area contributed by atoms with Crippen molar-refractivity contribution < 1.29 is 13.2 Å². The van der Waals surface area contributed by atoms with Crippen LogP contribution in [-0.4, -0.2) is 15.7 Å². The SMILES string of the molecule is Cc1c(Cl)[nH]c(=O)n(C(C)CC(F)(F)F)c1=O. The molecule has 1 heterocycles. The number of nitrogens with zero attached hydrogens (tertiary/aromatic N) is 1. The highest BCUT2D eigenvalue weighted by Crippen LogP contribution is 2.26. The molecule has 8 heteroatoms. The van der Waals surface area contributed by atoms with Crippen molar-refractivity contribution in [2.24, 2.45) is 0 Å². The summed E-state index contributed by atoms with van der Waals surface area (Å²) >= 11 is 5.54. The zero-order valence-electron chi connectivity index (χ0n) is 9.06. The molecule has 17 heavy (non-hydrogen) atoms. The van der Waals surface area contributed by atoms with Crippen molar-refractivity contribution in [1.29, 1.82) is 0 Å². The van der Waals surface area contributed by atoms with E-state index in [4.69, 9.17) is 11.6 Å². The fourth-order valence-electron chi connectivity index (χ4n) is 1.44. The molecule has 1 N–H and O–H groups in total. The Bertz CT molecular complexity index is 533. The summed E-state index contributed by atoms with van der Waals surface area (Å²) < 4.78 is 37.1. The molecule has 1 aromatic heterocycles. The lowest BCUT2D eigenvalue weighted by Gasteiger charge is -2.16. The van der Waals surface area contributed by atoms with Crippen molar-refractivity contribution in [3.8, 4) is 0 Å². The maximum absolute atomic E-state index is 12.2. The molecule has 1 rings (SSSR count). The summed E-state index contributed by atoms with van der Waals surface area (Å²) in [6.45, 7) is 2.48. The zero-order valence-corrected chi connectivity index (χ0v) is 9.82. The van der Waals surface area contributed by atoms with Crippen LogP contribution in [0, 0.1) is 6.92 Å². The van der Waals surface area contributed by atoms with Crippen molar-refractivity contribution in [3.63, 3.8) is 0 Å². The Balaban J connectivity index is 3.29. The van der Waals surface area contributed by atoms with E-state index in [2.05, 4.69) is 4.98 Å². The van der Waals surface area contributed by atoms with E-state index in [1.165, 1.54) is 6.92 Å². The molecule has 1 atom stereocenters. The quantitative estimate of drug-likeness (QED) is 0.836. The second-order valence-corrected chi connectivity index (χ2v) is 4.09. The van der Waals surface area contributed by atoms with Crippen LogP contribution in [0.15, 0.2) is 9.59 Å². The van der Waals surface area contributed by atoms with E-state index < -0.39 is 29.9 Å². The molecule has 1 unspecified atom stereocenters. The lowest BCUT2D eigenvalue weighted by atomic mass is 10.2. The van der Waals surface area contributed by atoms with Gasteiger partial charge in [-0.15, -0.1) is 0 Å². The molecule has 0 aliphatic rings. The Hall–Kier alpha value is -1.24. The van der Waals surface area contributed by atoms with Crippen LogP contribution < -0.4 is 11.2 Å². The fraction of sp³-hybridized carbons (Fsp3) is 0.556. The van der Waals surface area contributed by atoms with Gasteiger partial charge in [-0.3, -0.25) is 14.3 Å². The smallest absolute Gasteiger partial charge is 0.297 e. The van der Waals surface area contributed by atoms with E-state index in [1.807, 2.05) is 0 Å². The molecule has 0 amide bonds. The Morgan fingerprint density at radius 1 is 1.41 bits per heavy atom. The second kappa shape index (κ2) is 4.56. The minimum absolute atomic E-state index is 0.0142. The number of hydrogen-bond acceptors (Lipinski definition) is 2. The lowest BCUT2D eigenvalue weighted by molar-refractivity contribution is -0.142. The molecule has 0 aliphatic carbocycles. The first kappa shape index (κ1) is 13.8. The van der Waals surface area contributed by atoms with Crippen molar-refractivity contribution in [2.45, 2.75) is 32.5 Å². The number of halogens is 4. The third-order valence-corrected chi connectivity index (χ3v) is 2.65. The first-order valence-electron chi connectivity index (χ1n) is 4.71. The highest BCUT2D eigenvalue weighted by molar-refractivity contribution is 6.30. The number of rotatable bonds is 2. The minimum Gasteiger partial charge on any atom is -0.297 e. The van der Waals surface area contributed by atoms with E-state index in [1.54, 1.807) is 0 Å². The minimum atomic E-state index is -4.45. The van der Waals surface area contributed by atoms with Crippen LogP contribution >= 0.6 is 11.6 Å². The van der Waals surface area contributed by atoms with Crippen molar-refractivity contribution in [3.05, 3.63) is 31.6 Å². The maximum Gasteiger partial charge on any atom is 0.391 e. The molecular formula is C9H10ClF3N2O2. The van der Waals surface area contributed by atoms with Gasteiger partial charge >= 0.3 is 11.9 Å². The highest BCUT2D eigenvalue weighted by atomic mass is 35.5. The highest BCUT2D eigenvalue weighted by Gasteiger charge is 2.32. The number of aromatic amines is 1. The van der Waals surface area contributed by atoms with Crippen LogP contribution in [0.5, 0.6) is 0 Å². The fourth-order valence-corrected chi connectivity index (χ4v) is 1.60. The van der Waals surface area contributed by atoms with Crippen LogP contribution in [0.25, 0.3) is 0 Å². The third-order valence-electron chi connectivity index (χ3n) is 2.27. The average Bonchev–Trinajstić information content (AvgIpc) is 2.11. The van der Waals surface area contributed by atoms with E-state index in [-0.39, 0.29) is 10.7 Å². The number of H-pyrrole nitrogens is 1. The summed E-state index contributed by atoms with van der Waals surface area (Å²) in [5.41, 5.74) is -1.74. The molecule has 0 fully saturated rings. The molecule has 0 saturated carbocycles. The van der Waals surface area contributed by atoms with E-state index in [0.29, 0.717) is 4.57 Å². The van der Waals surface area contributed by atoms with Crippen molar-refractivity contribution in [2.75, 3.05) is 0 Å². The number of alkyl halides is 3. The third kappa shape index (κ3) is 3.12. The largest absolute Gasteiger partial charge is 0.391 e. The molecule has 0 aromatic carbocycles. The molecule has 0 aliphatic heterocycles. The standard InChI is InChI=1S/C9H10ClF3N2O2/c1-4(3-9(11,12)13)15-7(16)5(2)6(10)14-8(15)17/h4H,3H2,1-2H3,(H,14,17). The Morgan fingerprint density at radius 3 is 2.41 bits per heavy atom. The van der Waals surface area contributed by atoms with Crippen molar-refractivity contribution in [1.82, 2.24) is 9.55 Å². The van der Waals surface area contributed by atoms with E-state index >= 15 is 0 Å². The van der Waals surface area contributed by atoms with Gasteiger partial charge in [0.2, 0.25) is 0 Å². The van der Waals surface area contributed by atoms with Gasteiger partial charge in [-0.25, -0.2) is 4.79 Å². The van der Waals surface area contributed by atoms with Crippen LogP contribution in [-0.2, 0) is 0 Å². The van der Waals surface area contributed by atoms with Gasteiger partial charge < -0.3 is 0 Å². The predicted octanol–water partition coefficient (Wildman–Crippen LogP) is 2.01. The van der Waals surface area contributed by atoms with Gasteiger partial charge in [0.05, 0.1) is 6.42 Å². The normalized spacial score (nSPS) is 13.8. The Morgan fingerprint density at radius 2 is 1.94 bits per heavy atom. The van der Waals surface area contributed by atoms with Crippen molar-refractivity contribution >= 4 is 11.6 Å². The lowest BCUT2D eigenvalue weighted by Crippen LogP contribution is -2.39. The van der Waals surface area contributed by atoms with Gasteiger partial charge in [0.15, 0.2) is 0 Å². The maximum atomic E-state index is 12.2. The molecule has 0 radical (unpaired) electrons. The summed E-state index contributed by atoms with van der Waals surface area (Å²) in [6.07, 6.45) is -5.70. The monoisotopic (exact) mass is 270 g/mol. The molecular weight excluding hydrogens is 261 g/mol. The molecule has 1 aromatic rings. The zero-order chi connectivity index (χ0) is 13.4. The van der Waals surface area contributed by atoms with Gasteiger partial charge in [-0.1, -0.05) is 11.6 Å². The molecule has 0 saturated heterocycles. The summed E-state index contributed by atoms with van der Waals surface area (Å²) in [6, 6.07) is -1.28. The molecule has 4 nitrogen and oxygen atoms in total. The second-order valence-electron chi connectivity index (χ2n) is 3.71. The van der Waals surface area contributed by atoms with Crippen LogP contribution in [0.2, 0.25) is 5.15 Å². The molecule has 96 valence electrons. The van der Waals surface area contributed by atoms with E-state index in [0.717, 1.165) is 6.92 Å². The van der Waals surface area contributed by atoms with Crippen LogP contribution in [0.4, 0.5) is 13.2 Å². The topological polar surface area (TPSA) is 54.9 Å². The van der Waals surface area contributed by atoms with Gasteiger partial charge in [0.1, 0.15) is 5.15 Å². The Kier molecular flexibility index (Phi) is 3.71. The van der Waals surface area contributed by atoms with Gasteiger partial charge in [0, 0.05) is 11.6 Å². The van der Waals surface area contributed by atoms with E-state index in [9.17, 15) is 22.8 Å². The number of aromatic nitrogens is 2. The summed E-state index contributed by atoms with van der Waals surface area (Å²) in [5, 5.41) is -0.157. The summed E-state index contributed by atoms with van der Waals surface area (Å²) in [4.78, 5) is 25.1. The predicted molar refractivity (Wildman–Crippen MR) is 56.5 cm³/mol. The van der Waals surface area contributed by atoms with Gasteiger partial charge in [-0.2, -0.15) is 13.2 Å². The summed E-state index contributed by atoms with van der Waals surface area (Å²) in [7, 11) is 0. The van der Waals surface area contributed by atoms with Gasteiger partial charge in [0.25, 0.3) is 5.56 Å². The van der Waals surface area contributed by atoms with Crippen LogP contribution in [0.1, 0.15) is 24.9 Å². The average molecular weight is 271 g/mol. The summed E-state index contributed by atoms with van der Waals surface area (Å²) in [5.74, 6) is 0. The first-order chi connectivity index (χ1) is 7.63. The number of hydrogen-bond donors (Lipinski definition) is 1. The van der Waals surface area contributed by atoms with Gasteiger partial charge in [-0.05, 0) is 13.8 Å².